The van der Waals surface area contributed by atoms with Crippen LogP contribution in [0.3, 0.4) is 0 Å². The molecule has 6 nitrogen and oxygen atoms in total. The minimum Gasteiger partial charge on any atom is -0.459 e. The fourth-order valence-corrected chi connectivity index (χ4v) is 6.84. The van der Waals surface area contributed by atoms with Gasteiger partial charge in [-0.25, -0.2) is 13.4 Å². The number of esters is 1. The molecular weight excluding hydrogens is 500 g/mol. The summed E-state index contributed by atoms with van der Waals surface area (Å²) in [5.74, 6) is -0.617. The predicted octanol–water partition coefficient (Wildman–Crippen LogP) is 5.77. The number of sulfonamides is 1. The number of nitrogens with zero attached hydrogens (tertiary/aromatic N) is 1. The third-order valence-corrected chi connectivity index (χ3v) is 9.16. The molecule has 0 unspecified atom stereocenters. The van der Waals surface area contributed by atoms with E-state index in [-0.39, 0.29) is 10.6 Å². The molecule has 0 aliphatic carbocycles. The number of thiophene rings is 1. The molecule has 9 heteroatoms. The topological polar surface area (TPSA) is 85.4 Å². The molecule has 2 aromatic heterocycles. The van der Waals surface area contributed by atoms with Crippen LogP contribution in [0.5, 0.6) is 0 Å². The average molecular weight is 527 g/mol. The van der Waals surface area contributed by atoms with Gasteiger partial charge in [0.05, 0.1) is 9.75 Å². The van der Waals surface area contributed by atoms with Gasteiger partial charge in [-0.2, -0.15) is 4.72 Å². The van der Waals surface area contributed by atoms with E-state index in [1.165, 1.54) is 11.3 Å². The van der Waals surface area contributed by atoms with E-state index in [0.717, 1.165) is 37.2 Å². The summed E-state index contributed by atoms with van der Waals surface area (Å²) < 4.78 is 34.7. The van der Waals surface area contributed by atoms with E-state index >= 15 is 0 Å². The predicted molar refractivity (Wildman–Crippen MR) is 141 cm³/mol. The van der Waals surface area contributed by atoms with Gasteiger partial charge in [0.25, 0.3) is 10.0 Å². The Bertz CT molecular complexity index is 1390. The van der Waals surface area contributed by atoms with Crippen LogP contribution in [0.4, 0.5) is 0 Å². The van der Waals surface area contributed by atoms with Crippen molar-refractivity contribution in [1.29, 1.82) is 0 Å². The number of benzene rings is 2. The number of aromatic nitrogens is 1. The third-order valence-electron chi connectivity index (χ3n) is 4.89. The molecule has 0 fully saturated rings. The summed E-state index contributed by atoms with van der Waals surface area (Å²) in [5.41, 5.74) is 1.15. The molecule has 1 N–H and O–H groups in total. The molecule has 0 saturated carbocycles. The van der Waals surface area contributed by atoms with Crippen molar-refractivity contribution in [3.63, 3.8) is 0 Å². The Morgan fingerprint density at radius 3 is 2.26 bits per heavy atom. The summed E-state index contributed by atoms with van der Waals surface area (Å²) in [4.78, 5) is 19.1. The maximum atomic E-state index is 13.2. The summed E-state index contributed by atoms with van der Waals surface area (Å²) in [6.45, 7) is 5.26. The van der Waals surface area contributed by atoms with Gasteiger partial charge in [-0.1, -0.05) is 60.7 Å². The SMILES string of the molecule is CC(C)(C)OC(=O)[C@@H](Cc1ccccc1)NS(=O)(=O)c1ccc(-c2ncc(-c3ccccc3)s2)s1. The quantitative estimate of drug-likeness (QED) is 0.295. The largest absolute Gasteiger partial charge is 0.459 e. The molecule has 0 amide bonds. The Labute approximate surface area is 213 Å². The summed E-state index contributed by atoms with van der Waals surface area (Å²) in [6, 6.07) is 21.4. The molecule has 0 aliphatic rings. The summed E-state index contributed by atoms with van der Waals surface area (Å²) in [7, 11) is -3.97. The number of hydrogen-bond donors (Lipinski definition) is 1. The van der Waals surface area contributed by atoms with Gasteiger partial charge in [0.2, 0.25) is 0 Å². The molecule has 0 spiro atoms. The lowest BCUT2D eigenvalue weighted by molar-refractivity contribution is -0.156. The highest BCUT2D eigenvalue weighted by Crippen LogP contribution is 2.36. The molecule has 0 radical (unpaired) electrons. The number of carbonyl (C=O) groups excluding carboxylic acids is 1. The van der Waals surface area contributed by atoms with Crippen LogP contribution in [-0.2, 0) is 26.0 Å². The van der Waals surface area contributed by atoms with Crippen LogP contribution < -0.4 is 4.72 Å². The van der Waals surface area contributed by atoms with Crippen LogP contribution in [0.1, 0.15) is 26.3 Å². The normalized spacial score (nSPS) is 12.9. The van der Waals surface area contributed by atoms with Crippen LogP contribution in [-0.4, -0.2) is 31.0 Å². The zero-order chi connectivity index (χ0) is 25.1. The first-order valence-electron chi connectivity index (χ1n) is 11.0. The Balaban J connectivity index is 1.56. The van der Waals surface area contributed by atoms with Crippen LogP contribution in [0.25, 0.3) is 20.3 Å². The van der Waals surface area contributed by atoms with Gasteiger partial charge >= 0.3 is 5.97 Å². The van der Waals surface area contributed by atoms with Gasteiger partial charge in [-0.3, -0.25) is 4.79 Å². The summed E-state index contributed by atoms with van der Waals surface area (Å²) in [6.07, 6.45) is 1.97. The minimum absolute atomic E-state index is 0.116. The molecule has 2 heterocycles. The lowest BCUT2D eigenvalue weighted by Gasteiger charge is -2.24. The van der Waals surface area contributed by atoms with E-state index in [1.807, 2.05) is 60.7 Å². The smallest absolute Gasteiger partial charge is 0.325 e. The molecule has 4 aromatic rings. The molecule has 0 bridgehead atoms. The Morgan fingerprint density at radius 2 is 1.60 bits per heavy atom. The lowest BCUT2D eigenvalue weighted by Crippen LogP contribution is -2.45. The maximum absolute atomic E-state index is 13.2. The number of thiazole rings is 1. The Hall–Kier alpha value is -2.85. The second-order valence-corrected chi connectivity index (χ2v) is 13.0. The standard InChI is InChI=1S/C26H26N2O4S3/c1-26(2,3)32-25(29)20(16-18-10-6-4-7-11-18)28-35(30,31)23-15-14-21(33-23)24-27-17-22(34-24)19-12-8-5-9-13-19/h4-15,17,20,28H,16H2,1-3H3/t20-/m1/s1. The van der Waals surface area contributed by atoms with Gasteiger partial charge in [-0.05, 0) is 50.5 Å². The molecule has 0 saturated heterocycles. The Morgan fingerprint density at radius 1 is 0.943 bits per heavy atom. The van der Waals surface area contributed by atoms with Crippen molar-refractivity contribution in [2.75, 3.05) is 0 Å². The van der Waals surface area contributed by atoms with Crippen LogP contribution in [0.2, 0.25) is 0 Å². The first-order valence-corrected chi connectivity index (χ1v) is 14.1. The monoisotopic (exact) mass is 526 g/mol. The van der Waals surface area contributed by atoms with Crippen LogP contribution in [0.15, 0.2) is 83.2 Å². The van der Waals surface area contributed by atoms with E-state index < -0.39 is 27.6 Å². The lowest BCUT2D eigenvalue weighted by atomic mass is 10.1. The van der Waals surface area contributed by atoms with E-state index in [4.69, 9.17) is 4.74 Å². The summed E-state index contributed by atoms with van der Waals surface area (Å²) in [5, 5.41) is 0.739. The number of rotatable bonds is 8. The van der Waals surface area contributed by atoms with E-state index in [9.17, 15) is 13.2 Å². The van der Waals surface area contributed by atoms with Crippen molar-refractivity contribution in [1.82, 2.24) is 9.71 Å². The van der Waals surface area contributed by atoms with Crippen LogP contribution in [0, 0.1) is 0 Å². The van der Waals surface area contributed by atoms with Crippen molar-refractivity contribution in [3.05, 3.63) is 84.6 Å². The molecule has 35 heavy (non-hydrogen) atoms. The zero-order valence-electron chi connectivity index (χ0n) is 19.6. The first-order chi connectivity index (χ1) is 16.6. The van der Waals surface area contributed by atoms with Gasteiger partial charge in [-0.15, -0.1) is 22.7 Å². The van der Waals surface area contributed by atoms with Crippen molar-refractivity contribution < 1.29 is 17.9 Å². The molecule has 1 atom stereocenters. The van der Waals surface area contributed by atoms with Gasteiger partial charge in [0.15, 0.2) is 0 Å². The van der Waals surface area contributed by atoms with E-state index in [1.54, 1.807) is 39.1 Å². The molecule has 2 aromatic carbocycles. The number of ether oxygens (including phenoxy) is 1. The maximum Gasteiger partial charge on any atom is 0.325 e. The first kappa shape index (κ1) is 25.2. The van der Waals surface area contributed by atoms with E-state index in [0.29, 0.717) is 0 Å². The molecule has 0 aliphatic heterocycles. The van der Waals surface area contributed by atoms with Crippen molar-refractivity contribution in [3.8, 4) is 20.3 Å². The van der Waals surface area contributed by atoms with Gasteiger partial charge in [0.1, 0.15) is 20.9 Å². The third kappa shape index (κ3) is 6.64. The number of nitrogens with one attached hydrogen (secondary N) is 1. The molecule has 4 rings (SSSR count). The molecular formula is C26H26N2O4S3. The second-order valence-electron chi connectivity index (χ2n) is 8.91. The highest BCUT2D eigenvalue weighted by molar-refractivity contribution is 7.91. The highest BCUT2D eigenvalue weighted by atomic mass is 32.2. The average Bonchev–Trinajstić information content (AvgIpc) is 3.49. The van der Waals surface area contributed by atoms with Crippen molar-refractivity contribution >= 4 is 38.7 Å². The Kier molecular flexibility index (Phi) is 7.51. The number of carbonyl (C=O) groups is 1. The molecule has 182 valence electrons. The minimum atomic E-state index is -3.97. The van der Waals surface area contributed by atoms with Crippen molar-refractivity contribution in [2.45, 2.75) is 43.0 Å². The second kappa shape index (κ2) is 10.4. The van der Waals surface area contributed by atoms with Crippen molar-refractivity contribution in [2.24, 2.45) is 0 Å². The summed E-state index contributed by atoms with van der Waals surface area (Å²) >= 11 is 2.62. The van der Waals surface area contributed by atoms with Gasteiger partial charge < -0.3 is 4.74 Å². The number of hydrogen-bond acceptors (Lipinski definition) is 7. The zero-order valence-corrected chi connectivity index (χ0v) is 22.0. The fourth-order valence-electron chi connectivity index (χ4n) is 3.34. The van der Waals surface area contributed by atoms with E-state index in [2.05, 4.69) is 9.71 Å². The van der Waals surface area contributed by atoms with Crippen LogP contribution >= 0.6 is 22.7 Å². The van der Waals surface area contributed by atoms with Gasteiger partial charge in [0, 0.05) is 6.20 Å². The highest BCUT2D eigenvalue weighted by Gasteiger charge is 2.31. The fraction of sp³-hybridized carbons (Fsp3) is 0.231.